The molecule has 3 rings (SSSR count). The number of fused-ring (bicyclic) bond motifs is 1. The molecular weight excluding hydrogens is 344 g/mol. The lowest BCUT2D eigenvalue weighted by molar-refractivity contribution is -0.113. The van der Waals surface area contributed by atoms with Crippen LogP contribution >= 0.6 is 23.1 Å². The number of H-pyrrole nitrogens is 1. The first kappa shape index (κ1) is 16.7. The number of thiazole rings is 1. The minimum absolute atomic E-state index is 0.157. The Kier molecular flexibility index (Phi) is 4.96. The Morgan fingerprint density at radius 3 is 2.88 bits per heavy atom. The van der Waals surface area contributed by atoms with Crippen LogP contribution in [0.4, 0.5) is 5.13 Å². The van der Waals surface area contributed by atoms with Crippen LogP contribution in [0.5, 0.6) is 0 Å². The number of para-hydroxylation sites is 1. The standard InChI is InChI=1S/C16H16N4O2S2/c1-3-10-9(2)14(22)20-15(17-10)23-8-13(21)19-16-18-11-6-4-5-7-12(11)24-16/h4-7H,3,8H2,1-2H3,(H,17,20,22)(H,18,19,21). The van der Waals surface area contributed by atoms with E-state index in [1.54, 1.807) is 6.92 Å². The minimum Gasteiger partial charge on any atom is -0.301 e. The van der Waals surface area contributed by atoms with Gasteiger partial charge in [0.15, 0.2) is 10.3 Å². The largest absolute Gasteiger partial charge is 0.301 e. The van der Waals surface area contributed by atoms with Gasteiger partial charge in [-0.25, -0.2) is 9.97 Å². The average Bonchev–Trinajstić information content (AvgIpc) is 2.97. The fraction of sp³-hybridized carbons (Fsp3) is 0.250. The predicted molar refractivity (Wildman–Crippen MR) is 97.9 cm³/mol. The summed E-state index contributed by atoms with van der Waals surface area (Å²) in [7, 11) is 0. The molecule has 1 amide bonds. The van der Waals surface area contributed by atoms with E-state index < -0.39 is 0 Å². The monoisotopic (exact) mass is 360 g/mol. The number of thioether (sulfide) groups is 1. The van der Waals surface area contributed by atoms with E-state index in [9.17, 15) is 9.59 Å². The lowest BCUT2D eigenvalue weighted by atomic mass is 10.2. The number of aromatic nitrogens is 3. The van der Waals surface area contributed by atoms with Crippen molar-refractivity contribution in [1.29, 1.82) is 0 Å². The van der Waals surface area contributed by atoms with Crippen molar-refractivity contribution >= 4 is 44.4 Å². The third-order valence-corrected chi connectivity index (χ3v) is 5.27. The summed E-state index contributed by atoms with van der Waals surface area (Å²) >= 11 is 2.64. The van der Waals surface area contributed by atoms with Gasteiger partial charge in [-0.2, -0.15) is 0 Å². The summed E-state index contributed by atoms with van der Waals surface area (Å²) in [6.07, 6.45) is 0.682. The normalized spacial score (nSPS) is 10.9. The van der Waals surface area contributed by atoms with Crippen molar-refractivity contribution in [3.05, 3.63) is 45.9 Å². The summed E-state index contributed by atoms with van der Waals surface area (Å²) in [5, 5.41) is 3.81. The molecule has 0 spiro atoms. The predicted octanol–water partition coefficient (Wildman–Crippen LogP) is 2.98. The molecule has 0 fully saturated rings. The van der Waals surface area contributed by atoms with Crippen LogP contribution in [0.2, 0.25) is 0 Å². The Morgan fingerprint density at radius 2 is 2.12 bits per heavy atom. The molecule has 2 N–H and O–H groups in total. The number of benzene rings is 1. The summed E-state index contributed by atoms with van der Waals surface area (Å²) in [5.41, 5.74) is 2.09. The lowest BCUT2D eigenvalue weighted by Gasteiger charge is -2.05. The van der Waals surface area contributed by atoms with Crippen LogP contribution in [0.25, 0.3) is 10.2 Å². The number of hydrogen-bond donors (Lipinski definition) is 2. The van der Waals surface area contributed by atoms with Crippen LogP contribution in [0.1, 0.15) is 18.2 Å². The third kappa shape index (κ3) is 3.65. The van der Waals surface area contributed by atoms with Gasteiger partial charge in [-0.1, -0.05) is 42.2 Å². The van der Waals surface area contributed by atoms with Crippen molar-refractivity contribution in [1.82, 2.24) is 15.0 Å². The second-order valence-corrected chi connectivity index (χ2v) is 7.11. The van der Waals surface area contributed by atoms with Gasteiger partial charge >= 0.3 is 0 Å². The zero-order chi connectivity index (χ0) is 17.1. The molecule has 0 radical (unpaired) electrons. The fourth-order valence-corrected chi connectivity index (χ4v) is 3.75. The molecule has 0 unspecified atom stereocenters. The molecule has 0 aliphatic heterocycles. The highest BCUT2D eigenvalue weighted by Gasteiger charge is 2.11. The van der Waals surface area contributed by atoms with E-state index in [1.807, 2.05) is 31.2 Å². The molecular formula is C16H16N4O2S2. The zero-order valence-electron chi connectivity index (χ0n) is 13.3. The topological polar surface area (TPSA) is 87.7 Å². The van der Waals surface area contributed by atoms with E-state index in [2.05, 4.69) is 20.3 Å². The van der Waals surface area contributed by atoms with E-state index in [-0.39, 0.29) is 17.2 Å². The van der Waals surface area contributed by atoms with Crippen molar-refractivity contribution in [2.45, 2.75) is 25.4 Å². The second kappa shape index (κ2) is 7.14. The van der Waals surface area contributed by atoms with Crippen molar-refractivity contribution in [2.75, 3.05) is 11.1 Å². The first-order valence-electron chi connectivity index (χ1n) is 7.45. The Labute approximate surface area is 146 Å². The Morgan fingerprint density at radius 1 is 1.33 bits per heavy atom. The Bertz CT molecular complexity index is 916. The number of hydrogen-bond acceptors (Lipinski definition) is 6. The van der Waals surface area contributed by atoms with E-state index in [4.69, 9.17) is 0 Å². The van der Waals surface area contributed by atoms with Gasteiger partial charge in [0.1, 0.15) is 0 Å². The summed E-state index contributed by atoms with van der Waals surface area (Å²) in [6, 6.07) is 7.72. The molecule has 0 saturated carbocycles. The molecule has 6 nitrogen and oxygen atoms in total. The molecule has 2 heterocycles. The molecule has 3 aromatic rings. The second-order valence-electron chi connectivity index (χ2n) is 5.12. The van der Waals surface area contributed by atoms with Gasteiger partial charge in [0.05, 0.1) is 21.7 Å². The Balaban J connectivity index is 1.65. The fourth-order valence-electron chi connectivity index (χ4n) is 2.18. The minimum atomic E-state index is -0.180. The van der Waals surface area contributed by atoms with Gasteiger partial charge in [0.2, 0.25) is 5.91 Å². The number of nitrogens with one attached hydrogen (secondary N) is 2. The molecule has 0 aliphatic carbocycles. The van der Waals surface area contributed by atoms with Crippen molar-refractivity contribution in [2.24, 2.45) is 0 Å². The maximum absolute atomic E-state index is 12.1. The third-order valence-electron chi connectivity index (χ3n) is 3.45. The molecule has 0 saturated heterocycles. The quantitative estimate of drug-likeness (QED) is 0.539. The van der Waals surface area contributed by atoms with Crippen LogP contribution in [0.3, 0.4) is 0 Å². The van der Waals surface area contributed by atoms with Crippen molar-refractivity contribution in [3.63, 3.8) is 0 Å². The van der Waals surface area contributed by atoms with Crippen LogP contribution in [0.15, 0.2) is 34.2 Å². The SMILES string of the molecule is CCc1nc(SCC(=O)Nc2nc3ccccc3s2)[nH]c(=O)c1C. The first-order chi connectivity index (χ1) is 11.6. The highest BCUT2D eigenvalue weighted by atomic mass is 32.2. The van der Waals surface area contributed by atoms with E-state index in [1.165, 1.54) is 23.1 Å². The molecule has 0 atom stereocenters. The highest BCUT2D eigenvalue weighted by molar-refractivity contribution is 7.99. The number of aryl methyl sites for hydroxylation is 1. The number of carbonyl (C=O) groups excluding carboxylic acids is 1. The summed E-state index contributed by atoms with van der Waals surface area (Å²) in [5.74, 6) is -0.0224. The molecule has 1 aromatic carbocycles. The summed E-state index contributed by atoms with van der Waals surface area (Å²) in [6.45, 7) is 3.70. The van der Waals surface area contributed by atoms with Crippen molar-refractivity contribution in [3.8, 4) is 0 Å². The van der Waals surface area contributed by atoms with Gasteiger partial charge in [-0.3, -0.25) is 9.59 Å². The smallest absolute Gasteiger partial charge is 0.254 e. The van der Waals surface area contributed by atoms with Gasteiger partial charge in [-0.05, 0) is 25.5 Å². The van der Waals surface area contributed by atoms with E-state index in [0.717, 1.165) is 15.9 Å². The van der Waals surface area contributed by atoms with Crippen LogP contribution in [0, 0.1) is 6.92 Å². The Hall–Kier alpha value is -2.19. The number of aromatic amines is 1. The maximum Gasteiger partial charge on any atom is 0.254 e. The lowest BCUT2D eigenvalue weighted by Crippen LogP contribution is -2.17. The average molecular weight is 360 g/mol. The molecule has 0 aliphatic rings. The van der Waals surface area contributed by atoms with Gasteiger partial charge in [0, 0.05) is 5.56 Å². The molecule has 124 valence electrons. The highest BCUT2D eigenvalue weighted by Crippen LogP contribution is 2.25. The van der Waals surface area contributed by atoms with Crippen molar-refractivity contribution < 1.29 is 4.79 Å². The summed E-state index contributed by atoms with van der Waals surface area (Å²) < 4.78 is 1.03. The van der Waals surface area contributed by atoms with E-state index in [0.29, 0.717) is 22.3 Å². The molecule has 8 heteroatoms. The zero-order valence-corrected chi connectivity index (χ0v) is 14.9. The summed E-state index contributed by atoms with van der Waals surface area (Å²) in [4.78, 5) is 35.4. The molecule has 2 aromatic heterocycles. The van der Waals surface area contributed by atoms with Crippen LogP contribution < -0.4 is 10.9 Å². The maximum atomic E-state index is 12.1. The first-order valence-corrected chi connectivity index (χ1v) is 9.25. The number of nitrogens with zero attached hydrogens (tertiary/aromatic N) is 2. The van der Waals surface area contributed by atoms with Gasteiger partial charge < -0.3 is 10.3 Å². The molecule has 24 heavy (non-hydrogen) atoms. The van der Waals surface area contributed by atoms with Gasteiger partial charge in [0.25, 0.3) is 5.56 Å². The van der Waals surface area contributed by atoms with Gasteiger partial charge in [-0.15, -0.1) is 0 Å². The van der Waals surface area contributed by atoms with E-state index >= 15 is 0 Å². The van der Waals surface area contributed by atoms with Crippen LogP contribution in [-0.2, 0) is 11.2 Å². The number of carbonyl (C=O) groups is 1. The number of amides is 1. The number of rotatable bonds is 5. The molecule has 0 bridgehead atoms. The number of anilines is 1. The van der Waals surface area contributed by atoms with Crippen LogP contribution in [-0.4, -0.2) is 26.6 Å².